The average molecular weight is 445 g/mol. The number of benzene rings is 3. The molecule has 0 spiro atoms. The Labute approximate surface area is 179 Å². The van der Waals surface area contributed by atoms with E-state index in [9.17, 15) is 17.6 Å². The monoisotopic (exact) mass is 444 g/mol. The van der Waals surface area contributed by atoms with Crippen LogP contribution in [0.2, 0.25) is 5.02 Å². The molecule has 8 heteroatoms. The van der Waals surface area contributed by atoms with Gasteiger partial charge in [0.25, 0.3) is 15.9 Å². The lowest BCUT2D eigenvalue weighted by atomic mass is 10.0. The second-order valence-electron chi connectivity index (χ2n) is 6.97. The maximum absolute atomic E-state index is 13.1. The Morgan fingerprint density at radius 3 is 2.40 bits per heavy atom. The van der Waals surface area contributed by atoms with Crippen LogP contribution in [0, 0.1) is 5.82 Å². The van der Waals surface area contributed by atoms with Gasteiger partial charge in [-0.1, -0.05) is 11.6 Å². The Kier molecular flexibility index (Phi) is 5.49. The van der Waals surface area contributed by atoms with E-state index in [1.54, 1.807) is 41.3 Å². The van der Waals surface area contributed by atoms with Crippen molar-refractivity contribution in [3.8, 4) is 0 Å². The van der Waals surface area contributed by atoms with Gasteiger partial charge in [0, 0.05) is 28.5 Å². The fourth-order valence-electron chi connectivity index (χ4n) is 3.43. The number of carbonyl (C=O) groups is 1. The van der Waals surface area contributed by atoms with Crippen molar-refractivity contribution in [3.05, 3.63) is 88.7 Å². The number of halogens is 2. The highest BCUT2D eigenvalue weighted by Gasteiger charge is 2.25. The molecule has 3 aromatic carbocycles. The molecule has 1 heterocycles. The minimum atomic E-state index is -3.84. The number of rotatable bonds is 4. The van der Waals surface area contributed by atoms with E-state index in [-0.39, 0.29) is 16.5 Å². The molecule has 0 fully saturated rings. The van der Waals surface area contributed by atoms with Crippen molar-refractivity contribution in [2.75, 3.05) is 16.2 Å². The number of hydrogen-bond donors (Lipinski definition) is 1. The molecule has 0 atom stereocenters. The minimum Gasteiger partial charge on any atom is -0.308 e. The molecule has 5 nitrogen and oxygen atoms in total. The quantitative estimate of drug-likeness (QED) is 0.624. The van der Waals surface area contributed by atoms with E-state index in [2.05, 4.69) is 4.72 Å². The van der Waals surface area contributed by atoms with E-state index in [4.69, 9.17) is 11.6 Å². The van der Waals surface area contributed by atoms with Gasteiger partial charge in [0.2, 0.25) is 0 Å². The van der Waals surface area contributed by atoms with Crippen LogP contribution >= 0.6 is 11.6 Å². The number of nitrogens with zero attached hydrogens (tertiary/aromatic N) is 1. The van der Waals surface area contributed by atoms with Gasteiger partial charge in [-0.05, 0) is 85.1 Å². The fraction of sp³-hybridized carbons (Fsp3) is 0.136. The largest absolute Gasteiger partial charge is 0.308 e. The summed E-state index contributed by atoms with van der Waals surface area (Å²) >= 11 is 5.90. The summed E-state index contributed by atoms with van der Waals surface area (Å²) in [4.78, 5) is 14.7. The lowest BCUT2D eigenvalue weighted by Gasteiger charge is -2.30. The number of anilines is 2. The SMILES string of the molecule is O=C(c1ccc(Cl)cc1)N1CCCc2cc(S(=O)(=O)Nc3ccc(F)cc3)ccc21. The molecular weight excluding hydrogens is 427 g/mol. The molecule has 1 amide bonds. The number of nitrogens with one attached hydrogen (secondary N) is 1. The van der Waals surface area contributed by atoms with Gasteiger partial charge < -0.3 is 4.90 Å². The molecule has 1 N–H and O–H groups in total. The third kappa shape index (κ3) is 4.17. The van der Waals surface area contributed by atoms with Gasteiger partial charge in [-0.3, -0.25) is 9.52 Å². The van der Waals surface area contributed by atoms with Gasteiger partial charge >= 0.3 is 0 Å². The Morgan fingerprint density at radius 1 is 1.00 bits per heavy atom. The maximum atomic E-state index is 13.1. The number of carbonyl (C=O) groups excluding carboxylic acids is 1. The molecule has 0 unspecified atom stereocenters. The van der Waals surface area contributed by atoms with E-state index in [1.165, 1.54) is 30.3 Å². The molecule has 1 aliphatic heterocycles. The average Bonchev–Trinajstić information content (AvgIpc) is 2.74. The van der Waals surface area contributed by atoms with E-state index >= 15 is 0 Å². The number of sulfonamides is 1. The molecule has 0 saturated carbocycles. The molecule has 3 aromatic rings. The second kappa shape index (κ2) is 8.08. The molecule has 30 heavy (non-hydrogen) atoms. The van der Waals surface area contributed by atoms with E-state index in [1.807, 2.05) is 0 Å². The van der Waals surface area contributed by atoms with Gasteiger partial charge in [-0.2, -0.15) is 0 Å². The summed E-state index contributed by atoms with van der Waals surface area (Å²) in [6.45, 7) is 0.550. The summed E-state index contributed by atoms with van der Waals surface area (Å²) < 4.78 is 41.0. The van der Waals surface area contributed by atoms with Crippen LogP contribution in [-0.2, 0) is 16.4 Å². The van der Waals surface area contributed by atoms with Gasteiger partial charge in [0.05, 0.1) is 4.90 Å². The molecule has 1 aliphatic rings. The summed E-state index contributed by atoms with van der Waals surface area (Å²) in [6.07, 6.45) is 1.39. The van der Waals surface area contributed by atoms with Gasteiger partial charge in [0.1, 0.15) is 5.82 Å². The Hall–Kier alpha value is -2.90. The summed E-state index contributed by atoms with van der Waals surface area (Å²) in [7, 11) is -3.84. The van der Waals surface area contributed by atoms with Crippen LogP contribution in [0.15, 0.2) is 71.6 Å². The smallest absolute Gasteiger partial charge is 0.261 e. The first-order valence-electron chi connectivity index (χ1n) is 9.32. The number of amides is 1. The van der Waals surface area contributed by atoms with Crippen molar-refractivity contribution in [1.29, 1.82) is 0 Å². The van der Waals surface area contributed by atoms with Gasteiger partial charge in [-0.15, -0.1) is 0 Å². The summed E-state index contributed by atoms with van der Waals surface area (Å²) in [5, 5.41) is 0.550. The van der Waals surface area contributed by atoms with Crippen LogP contribution in [0.3, 0.4) is 0 Å². The van der Waals surface area contributed by atoms with E-state index < -0.39 is 15.8 Å². The third-order valence-corrected chi connectivity index (χ3v) is 6.54. The summed E-state index contributed by atoms with van der Waals surface area (Å²) in [5.41, 5.74) is 2.27. The molecule has 4 rings (SSSR count). The van der Waals surface area contributed by atoms with Crippen molar-refractivity contribution in [2.45, 2.75) is 17.7 Å². The van der Waals surface area contributed by atoms with E-state index in [0.29, 0.717) is 29.2 Å². The maximum Gasteiger partial charge on any atom is 0.261 e. The Balaban J connectivity index is 1.62. The van der Waals surface area contributed by atoms with Crippen LogP contribution in [0.1, 0.15) is 22.3 Å². The highest BCUT2D eigenvalue weighted by Crippen LogP contribution is 2.31. The number of fused-ring (bicyclic) bond motifs is 1. The Bertz CT molecular complexity index is 1200. The predicted octanol–water partition coefficient (Wildman–Crippen LogP) is 4.87. The first-order valence-corrected chi connectivity index (χ1v) is 11.2. The molecule has 0 aromatic heterocycles. The molecule has 154 valence electrons. The Morgan fingerprint density at radius 2 is 1.70 bits per heavy atom. The van der Waals surface area contributed by atoms with Crippen LogP contribution in [0.25, 0.3) is 0 Å². The fourth-order valence-corrected chi connectivity index (χ4v) is 4.67. The molecule has 0 radical (unpaired) electrons. The molecular formula is C22H18ClFN2O3S. The molecule has 0 saturated heterocycles. The standard InChI is InChI=1S/C22H18ClFN2O3S/c23-17-5-3-15(4-6-17)22(27)26-13-1-2-16-14-20(11-12-21(16)26)30(28,29)25-19-9-7-18(24)8-10-19/h3-12,14,25H,1-2,13H2. The zero-order valence-electron chi connectivity index (χ0n) is 15.8. The zero-order valence-corrected chi connectivity index (χ0v) is 17.4. The first-order chi connectivity index (χ1) is 14.3. The highest BCUT2D eigenvalue weighted by molar-refractivity contribution is 7.92. The normalized spacial score (nSPS) is 13.6. The number of hydrogen-bond acceptors (Lipinski definition) is 3. The van der Waals surface area contributed by atoms with Crippen molar-refractivity contribution in [3.63, 3.8) is 0 Å². The number of aryl methyl sites for hydroxylation is 1. The van der Waals surface area contributed by atoms with Crippen molar-refractivity contribution in [1.82, 2.24) is 0 Å². The lowest BCUT2D eigenvalue weighted by Crippen LogP contribution is -2.35. The van der Waals surface area contributed by atoms with Crippen LogP contribution in [0.4, 0.5) is 15.8 Å². The summed E-state index contributed by atoms with van der Waals surface area (Å²) in [6, 6.07) is 16.5. The lowest BCUT2D eigenvalue weighted by molar-refractivity contribution is 0.0985. The zero-order chi connectivity index (χ0) is 21.3. The highest BCUT2D eigenvalue weighted by atomic mass is 35.5. The van der Waals surface area contributed by atoms with E-state index in [0.717, 1.165) is 12.0 Å². The van der Waals surface area contributed by atoms with Crippen molar-refractivity contribution < 1.29 is 17.6 Å². The topological polar surface area (TPSA) is 66.5 Å². The van der Waals surface area contributed by atoms with Crippen LogP contribution < -0.4 is 9.62 Å². The van der Waals surface area contributed by atoms with Crippen LogP contribution in [-0.4, -0.2) is 20.9 Å². The first kappa shape index (κ1) is 20.4. The molecule has 0 bridgehead atoms. The minimum absolute atomic E-state index is 0.0892. The second-order valence-corrected chi connectivity index (χ2v) is 9.09. The van der Waals surface area contributed by atoms with Crippen LogP contribution in [0.5, 0.6) is 0 Å². The third-order valence-electron chi connectivity index (χ3n) is 4.91. The molecule has 0 aliphatic carbocycles. The predicted molar refractivity (Wildman–Crippen MR) is 115 cm³/mol. The van der Waals surface area contributed by atoms with Gasteiger partial charge in [0.15, 0.2) is 0 Å². The van der Waals surface area contributed by atoms with Crippen molar-refractivity contribution >= 4 is 38.9 Å². The summed E-state index contributed by atoms with van der Waals surface area (Å²) in [5.74, 6) is -0.607. The van der Waals surface area contributed by atoms with Crippen molar-refractivity contribution in [2.24, 2.45) is 0 Å². The van der Waals surface area contributed by atoms with Gasteiger partial charge in [-0.25, -0.2) is 12.8 Å².